The van der Waals surface area contributed by atoms with Crippen molar-refractivity contribution < 1.29 is 23.5 Å². The third-order valence-corrected chi connectivity index (χ3v) is 4.00. The minimum absolute atomic E-state index is 0.347. The normalized spacial score (nSPS) is 11.6. The van der Waals surface area contributed by atoms with Gasteiger partial charge in [-0.3, -0.25) is 4.79 Å². The van der Waals surface area contributed by atoms with Gasteiger partial charge in [0.2, 0.25) is 0 Å². The lowest BCUT2D eigenvalue weighted by molar-refractivity contribution is -0.155. The van der Waals surface area contributed by atoms with E-state index in [4.69, 9.17) is 13.9 Å². The predicted molar refractivity (Wildman–Crippen MR) is 103 cm³/mol. The lowest BCUT2D eigenvalue weighted by atomic mass is 10.1. The number of benzene rings is 2. The first-order valence-electron chi connectivity index (χ1n) is 8.65. The van der Waals surface area contributed by atoms with E-state index in [1.165, 1.54) is 19.1 Å². The smallest absolute Gasteiger partial charge is 0.344 e. The Kier molecular flexibility index (Phi) is 5.74. The zero-order valence-electron chi connectivity index (χ0n) is 15.4. The average molecular weight is 381 g/mol. The fourth-order valence-corrected chi connectivity index (χ4v) is 2.59. The van der Waals surface area contributed by atoms with Gasteiger partial charge >= 0.3 is 11.6 Å². The van der Waals surface area contributed by atoms with Crippen LogP contribution in [-0.4, -0.2) is 24.6 Å². The molecule has 1 heterocycles. The van der Waals surface area contributed by atoms with Gasteiger partial charge in [-0.2, -0.15) is 0 Å². The molecule has 0 fully saturated rings. The van der Waals surface area contributed by atoms with Gasteiger partial charge < -0.3 is 19.2 Å². The lowest BCUT2D eigenvalue weighted by Crippen LogP contribution is -2.31. The Morgan fingerprint density at radius 1 is 1.11 bits per heavy atom. The van der Waals surface area contributed by atoms with Gasteiger partial charge in [0.1, 0.15) is 11.3 Å². The summed E-state index contributed by atoms with van der Waals surface area (Å²) in [5.74, 6) is -0.788. The number of fused-ring (bicyclic) bond motifs is 1. The van der Waals surface area contributed by atoms with Crippen LogP contribution in [0.4, 0.5) is 5.69 Å². The first-order valence-corrected chi connectivity index (χ1v) is 8.65. The van der Waals surface area contributed by atoms with Gasteiger partial charge in [-0.05, 0) is 43.7 Å². The second-order valence-corrected chi connectivity index (χ2v) is 6.18. The first kappa shape index (κ1) is 19.2. The number of para-hydroxylation sites is 1. The minimum atomic E-state index is -0.978. The molecular formula is C21H19NO6. The van der Waals surface area contributed by atoms with E-state index in [0.717, 1.165) is 10.9 Å². The largest absolute Gasteiger partial charge is 0.482 e. The van der Waals surface area contributed by atoms with Crippen LogP contribution in [0, 0.1) is 6.92 Å². The van der Waals surface area contributed by atoms with Gasteiger partial charge in [-0.25, -0.2) is 9.59 Å². The maximum absolute atomic E-state index is 12.1. The Balaban J connectivity index is 1.55. The molecule has 0 bridgehead atoms. The van der Waals surface area contributed by atoms with Crippen molar-refractivity contribution in [2.24, 2.45) is 0 Å². The van der Waals surface area contributed by atoms with Gasteiger partial charge in [0.25, 0.3) is 5.91 Å². The van der Waals surface area contributed by atoms with Gasteiger partial charge in [-0.15, -0.1) is 0 Å². The summed E-state index contributed by atoms with van der Waals surface area (Å²) >= 11 is 0. The number of hydrogen-bond acceptors (Lipinski definition) is 6. The van der Waals surface area contributed by atoms with E-state index in [1.54, 1.807) is 43.3 Å². The zero-order chi connectivity index (χ0) is 20.1. The van der Waals surface area contributed by atoms with Crippen molar-refractivity contribution in [2.45, 2.75) is 20.0 Å². The topological polar surface area (TPSA) is 94.8 Å². The summed E-state index contributed by atoms with van der Waals surface area (Å²) in [6.07, 6.45) is -0.978. The number of carbonyl (C=O) groups is 2. The molecule has 0 aliphatic carbocycles. The number of hydrogen-bond donors (Lipinski definition) is 1. The zero-order valence-corrected chi connectivity index (χ0v) is 15.4. The van der Waals surface area contributed by atoms with E-state index in [0.29, 0.717) is 17.0 Å². The highest BCUT2D eigenvalue weighted by atomic mass is 16.6. The quantitative estimate of drug-likeness (QED) is 0.521. The van der Waals surface area contributed by atoms with E-state index < -0.39 is 23.6 Å². The van der Waals surface area contributed by atoms with Gasteiger partial charge in [0, 0.05) is 23.2 Å². The molecule has 0 radical (unpaired) electrons. The van der Waals surface area contributed by atoms with Crippen molar-refractivity contribution in [1.82, 2.24) is 0 Å². The summed E-state index contributed by atoms with van der Waals surface area (Å²) in [5, 5.41) is 3.43. The van der Waals surface area contributed by atoms with Gasteiger partial charge in [0.05, 0.1) is 0 Å². The number of ether oxygens (including phenoxy) is 2. The molecule has 2 aromatic carbocycles. The van der Waals surface area contributed by atoms with E-state index in [-0.39, 0.29) is 6.61 Å². The molecule has 1 unspecified atom stereocenters. The highest BCUT2D eigenvalue weighted by molar-refractivity contribution is 5.95. The van der Waals surface area contributed by atoms with Crippen LogP contribution in [-0.2, 0) is 14.3 Å². The molecule has 1 aromatic heterocycles. The van der Waals surface area contributed by atoms with Gasteiger partial charge in [-0.1, -0.05) is 18.2 Å². The van der Waals surface area contributed by atoms with Crippen molar-refractivity contribution in [2.75, 3.05) is 11.9 Å². The predicted octanol–water partition coefficient (Wildman–Crippen LogP) is 3.05. The Morgan fingerprint density at radius 2 is 1.86 bits per heavy atom. The maximum atomic E-state index is 12.1. The van der Waals surface area contributed by atoms with Crippen LogP contribution in [0.3, 0.4) is 0 Å². The third-order valence-electron chi connectivity index (χ3n) is 4.00. The van der Waals surface area contributed by atoms with Crippen molar-refractivity contribution >= 4 is 28.5 Å². The Morgan fingerprint density at radius 3 is 2.61 bits per heavy atom. The van der Waals surface area contributed by atoms with Crippen LogP contribution < -0.4 is 15.7 Å². The van der Waals surface area contributed by atoms with E-state index in [2.05, 4.69) is 5.32 Å². The van der Waals surface area contributed by atoms with E-state index in [1.807, 2.05) is 6.07 Å². The molecule has 0 saturated heterocycles. The second-order valence-electron chi connectivity index (χ2n) is 6.18. The van der Waals surface area contributed by atoms with Crippen molar-refractivity contribution in [3.8, 4) is 5.75 Å². The molecule has 0 spiro atoms. The maximum Gasteiger partial charge on any atom is 0.344 e. The Labute approximate surface area is 160 Å². The average Bonchev–Trinajstić information content (AvgIpc) is 2.66. The molecule has 3 rings (SSSR count). The molecule has 0 aliphatic heterocycles. The summed E-state index contributed by atoms with van der Waals surface area (Å²) in [7, 11) is 0. The Hall–Kier alpha value is -3.61. The van der Waals surface area contributed by atoms with Crippen LogP contribution in [0.25, 0.3) is 11.0 Å². The number of rotatable bonds is 6. The number of nitrogens with one attached hydrogen (secondary N) is 1. The summed E-state index contributed by atoms with van der Waals surface area (Å²) in [5.41, 5.74) is 1.31. The number of amides is 1. The molecule has 1 amide bonds. The standard InChI is InChI=1S/C21H19NO6/c1-13-10-19(23)28-18-11-16(8-9-17(13)18)26-12-20(24)27-14(2)21(25)22-15-6-4-3-5-7-15/h3-11,14H,12H2,1-2H3,(H,22,25). The molecular weight excluding hydrogens is 362 g/mol. The molecule has 28 heavy (non-hydrogen) atoms. The second kappa shape index (κ2) is 8.39. The summed E-state index contributed by atoms with van der Waals surface area (Å²) in [4.78, 5) is 35.5. The molecule has 1 atom stereocenters. The summed E-state index contributed by atoms with van der Waals surface area (Å²) < 4.78 is 15.6. The molecule has 7 heteroatoms. The van der Waals surface area contributed by atoms with E-state index in [9.17, 15) is 14.4 Å². The minimum Gasteiger partial charge on any atom is -0.482 e. The SMILES string of the molecule is Cc1cc(=O)oc2cc(OCC(=O)OC(C)C(=O)Nc3ccccc3)ccc12. The van der Waals surface area contributed by atoms with E-state index >= 15 is 0 Å². The molecule has 0 saturated carbocycles. The number of esters is 1. The molecule has 0 aliphatic rings. The van der Waals surface area contributed by atoms with Gasteiger partial charge in [0.15, 0.2) is 12.7 Å². The molecule has 7 nitrogen and oxygen atoms in total. The molecule has 3 aromatic rings. The van der Waals surface area contributed by atoms with Crippen LogP contribution in [0.5, 0.6) is 5.75 Å². The highest BCUT2D eigenvalue weighted by Crippen LogP contribution is 2.22. The number of aryl methyl sites for hydroxylation is 1. The fourth-order valence-electron chi connectivity index (χ4n) is 2.59. The van der Waals surface area contributed by atoms with Crippen LogP contribution in [0.2, 0.25) is 0 Å². The number of anilines is 1. The van der Waals surface area contributed by atoms with Crippen LogP contribution in [0.15, 0.2) is 63.8 Å². The fraction of sp³-hybridized carbons (Fsp3) is 0.190. The monoisotopic (exact) mass is 381 g/mol. The third kappa shape index (κ3) is 4.76. The van der Waals surface area contributed by atoms with Crippen LogP contribution in [0.1, 0.15) is 12.5 Å². The first-order chi connectivity index (χ1) is 13.4. The van der Waals surface area contributed by atoms with Crippen molar-refractivity contribution in [3.05, 3.63) is 70.6 Å². The van der Waals surface area contributed by atoms with Crippen LogP contribution >= 0.6 is 0 Å². The summed E-state index contributed by atoms with van der Waals surface area (Å²) in [6.45, 7) is 2.90. The lowest BCUT2D eigenvalue weighted by Gasteiger charge is -2.14. The van der Waals surface area contributed by atoms with Crippen molar-refractivity contribution in [3.63, 3.8) is 0 Å². The Bertz CT molecular complexity index is 1060. The highest BCUT2D eigenvalue weighted by Gasteiger charge is 2.18. The number of carbonyl (C=O) groups excluding carboxylic acids is 2. The summed E-state index contributed by atoms with van der Waals surface area (Å²) in [6, 6.07) is 15.2. The molecule has 1 N–H and O–H groups in total. The molecule has 144 valence electrons. The van der Waals surface area contributed by atoms with Crippen molar-refractivity contribution in [1.29, 1.82) is 0 Å².